The lowest BCUT2D eigenvalue weighted by molar-refractivity contribution is -0.0632. The molecule has 2 rings (SSSR count). The van der Waals surface area contributed by atoms with E-state index in [1.54, 1.807) is 11.0 Å². The Morgan fingerprint density at radius 2 is 2.11 bits per heavy atom. The highest BCUT2D eigenvalue weighted by molar-refractivity contribution is 5.70. The van der Waals surface area contributed by atoms with Gasteiger partial charge < -0.3 is 14.2 Å². The summed E-state index contributed by atoms with van der Waals surface area (Å²) in [5.74, 6) is 0. The predicted molar refractivity (Wildman–Crippen MR) is 70.8 cm³/mol. The first-order valence-electron chi connectivity index (χ1n) is 6.60. The van der Waals surface area contributed by atoms with E-state index in [1.807, 2.05) is 34.6 Å². The Morgan fingerprint density at radius 1 is 1.47 bits per heavy atom. The molecule has 1 amide bonds. The van der Waals surface area contributed by atoms with Crippen molar-refractivity contribution in [1.29, 1.82) is 0 Å². The van der Waals surface area contributed by atoms with Gasteiger partial charge in [-0.1, -0.05) is 6.08 Å². The number of epoxide rings is 1. The Bertz CT molecular complexity index is 385. The van der Waals surface area contributed by atoms with E-state index < -0.39 is 11.3 Å². The van der Waals surface area contributed by atoms with Crippen LogP contribution in [0.5, 0.6) is 0 Å². The molecule has 0 aromatic rings. The predicted octanol–water partition coefficient (Wildman–Crippen LogP) is 2.31. The van der Waals surface area contributed by atoms with Crippen LogP contribution in [-0.4, -0.2) is 47.2 Å². The van der Waals surface area contributed by atoms with Gasteiger partial charge in [0.2, 0.25) is 0 Å². The van der Waals surface area contributed by atoms with E-state index in [2.05, 4.69) is 6.58 Å². The third-order valence-corrected chi connectivity index (χ3v) is 3.28. The van der Waals surface area contributed by atoms with Gasteiger partial charge in [-0.2, -0.15) is 0 Å². The molecular formula is C14H23NO4. The first kappa shape index (κ1) is 14.3. The second-order valence-corrected chi connectivity index (χ2v) is 6.48. The summed E-state index contributed by atoms with van der Waals surface area (Å²) < 4.78 is 16.7. The molecule has 0 radical (unpaired) electrons. The molecule has 5 heteroatoms. The summed E-state index contributed by atoms with van der Waals surface area (Å²) in [5.41, 5.74) is -1.20. The van der Waals surface area contributed by atoms with Gasteiger partial charge in [-0.25, -0.2) is 4.79 Å². The van der Waals surface area contributed by atoms with E-state index in [1.165, 1.54) is 0 Å². The number of carbonyl (C=O) groups is 1. The zero-order valence-electron chi connectivity index (χ0n) is 12.3. The third kappa shape index (κ3) is 2.92. The molecule has 2 saturated heterocycles. The van der Waals surface area contributed by atoms with Crippen molar-refractivity contribution in [1.82, 2.24) is 4.90 Å². The fraction of sp³-hybridized carbons (Fsp3) is 0.786. The minimum Gasteiger partial charge on any atom is -0.444 e. The van der Waals surface area contributed by atoms with Crippen molar-refractivity contribution >= 4 is 6.09 Å². The highest BCUT2D eigenvalue weighted by atomic mass is 16.6. The third-order valence-electron chi connectivity index (χ3n) is 3.28. The lowest BCUT2D eigenvalue weighted by Crippen LogP contribution is -2.51. The van der Waals surface area contributed by atoms with Crippen LogP contribution in [0.15, 0.2) is 12.7 Å². The zero-order valence-corrected chi connectivity index (χ0v) is 12.3. The topological polar surface area (TPSA) is 51.3 Å². The maximum atomic E-state index is 12.4. The summed E-state index contributed by atoms with van der Waals surface area (Å²) in [7, 11) is 0. The number of ether oxygens (including phenoxy) is 3. The minimum absolute atomic E-state index is 0.00689. The SMILES string of the molecule is C=C[C@H]1O[C@@H]1[C@@H]1COC(C)(C)N1C(=O)OC(C)(C)C. The van der Waals surface area contributed by atoms with Crippen LogP contribution in [0.2, 0.25) is 0 Å². The molecule has 0 bridgehead atoms. The fourth-order valence-corrected chi connectivity index (χ4v) is 2.38. The highest BCUT2D eigenvalue weighted by Crippen LogP contribution is 2.38. The quantitative estimate of drug-likeness (QED) is 0.570. The summed E-state index contributed by atoms with van der Waals surface area (Å²) >= 11 is 0. The maximum absolute atomic E-state index is 12.4. The van der Waals surface area contributed by atoms with Gasteiger partial charge in [-0.3, -0.25) is 4.90 Å². The van der Waals surface area contributed by atoms with Crippen molar-refractivity contribution in [3.8, 4) is 0 Å². The van der Waals surface area contributed by atoms with Crippen LogP contribution >= 0.6 is 0 Å². The molecular weight excluding hydrogens is 246 g/mol. The maximum Gasteiger partial charge on any atom is 0.412 e. The number of hydrogen-bond donors (Lipinski definition) is 0. The summed E-state index contributed by atoms with van der Waals surface area (Å²) in [6.07, 6.45) is 1.36. The van der Waals surface area contributed by atoms with Crippen molar-refractivity contribution in [2.24, 2.45) is 0 Å². The molecule has 3 atom stereocenters. The van der Waals surface area contributed by atoms with E-state index in [0.29, 0.717) is 6.61 Å². The molecule has 0 N–H and O–H groups in total. The average molecular weight is 269 g/mol. The summed E-state index contributed by atoms with van der Waals surface area (Å²) in [6.45, 7) is 13.4. The molecule has 108 valence electrons. The number of amides is 1. The molecule has 2 aliphatic heterocycles. The molecule has 0 saturated carbocycles. The van der Waals surface area contributed by atoms with E-state index >= 15 is 0 Å². The lowest BCUT2D eigenvalue weighted by atomic mass is 10.1. The van der Waals surface area contributed by atoms with Crippen LogP contribution in [0.1, 0.15) is 34.6 Å². The second kappa shape index (κ2) is 4.49. The average Bonchev–Trinajstić information content (AvgIpc) is 2.93. The van der Waals surface area contributed by atoms with Crippen molar-refractivity contribution in [3.05, 3.63) is 12.7 Å². The van der Waals surface area contributed by atoms with Gasteiger partial charge in [0.15, 0.2) is 0 Å². The van der Waals surface area contributed by atoms with Crippen LogP contribution in [-0.2, 0) is 14.2 Å². The monoisotopic (exact) mass is 269 g/mol. The minimum atomic E-state index is -0.676. The molecule has 0 aromatic heterocycles. The highest BCUT2D eigenvalue weighted by Gasteiger charge is 2.55. The van der Waals surface area contributed by atoms with E-state index in [9.17, 15) is 4.79 Å². The Labute approximate surface area is 114 Å². The Morgan fingerprint density at radius 3 is 2.58 bits per heavy atom. The second-order valence-electron chi connectivity index (χ2n) is 6.48. The smallest absolute Gasteiger partial charge is 0.412 e. The fourth-order valence-electron chi connectivity index (χ4n) is 2.38. The number of hydrogen-bond acceptors (Lipinski definition) is 4. The van der Waals surface area contributed by atoms with Crippen LogP contribution in [0.4, 0.5) is 4.79 Å². The van der Waals surface area contributed by atoms with Crippen molar-refractivity contribution in [3.63, 3.8) is 0 Å². The molecule has 0 unspecified atom stereocenters. The Kier molecular flexibility index (Phi) is 3.39. The molecule has 19 heavy (non-hydrogen) atoms. The number of carbonyl (C=O) groups excluding carboxylic acids is 1. The van der Waals surface area contributed by atoms with Crippen LogP contribution in [0.3, 0.4) is 0 Å². The molecule has 0 aliphatic carbocycles. The van der Waals surface area contributed by atoms with Crippen molar-refractivity contribution in [2.75, 3.05) is 6.61 Å². The van der Waals surface area contributed by atoms with Crippen molar-refractivity contribution < 1.29 is 19.0 Å². The standard InChI is InChI=1S/C14H23NO4/c1-7-10-11(18-10)9-8-17-14(5,6)15(9)12(16)19-13(2,3)4/h7,9-11H,1,8H2,2-6H3/t9-,10+,11+/m0/s1. The summed E-state index contributed by atoms with van der Waals surface area (Å²) in [6, 6.07) is -0.118. The Hall–Kier alpha value is -1.07. The normalized spacial score (nSPS) is 33.1. The van der Waals surface area contributed by atoms with Crippen LogP contribution in [0, 0.1) is 0 Å². The summed E-state index contributed by atoms with van der Waals surface area (Å²) in [5, 5.41) is 0. The molecule has 2 fully saturated rings. The van der Waals surface area contributed by atoms with Crippen LogP contribution < -0.4 is 0 Å². The summed E-state index contributed by atoms with van der Waals surface area (Å²) in [4.78, 5) is 14.0. The van der Waals surface area contributed by atoms with Gasteiger partial charge in [0, 0.05) is 0 Å². The zero-order chi connectivity index (χ0) is 14.4. The van der Waals surface area contributed by atoms with Crippen LogP contribution in [0.25, 0.3) is 0 Å². The molecule has 0 aromatic carbocycles. The molecule has 0 spiro atoms. The largest absolute Gasteiger partial charge is 0.444 e. The number of nitrogens with zero attached hydrogens (tertiary/aromatic N) is 1. The first-order valence-corrected chi connectivity index (χ1v) is 6.60. The van der Waals surface area contributed by atoms with Gasteiger partial charge in [0.05, 0.1) is 12.6 Å². The first-order chi connectivity index (χ1) is 8.65. The lowest BCUT2D eigenvalue weighted by Gasteiger charge is -2.34. The van der Waals surface area contributed by atoms with Gasteiger partial charge in [-0.15, -0.1) is 6.58 Å². The van der Waals surface area contributed by atoms with E-state index in [-0.39, 0.29) is 24.3 Å². The van der Waals surface area contributed by atoms with E-state index in [0.717, 1.165) is 0 Å². The van der Waals surface area contributed by atoms with Gasteiger partial charge in [-0.05, 0) is 34.6 Å². The van der Waals surface area contributed by atoms with Gasteiger partial charge >= 0.3 is 6.09 Å². The molecule has 5 nitrogen and oxygen atoms in total. The number of rotatable bonds is 2. The molecule has 2 aliphatic rings. The Balaban J connectivity index is 2.13. The van der Waals surface area contributed by atoms with Gasteiger partial charge in [0.1, 0.15) is 23.5 Å². The van der Waals surface area contributed by atoms with E-state index in [4.69, 9.17) is 14.2 Å². The van der Waals surface area contributed by atoms with Gasteiger partial charge in [0.25, 0.3) is 0 Å². The van der Waals surface area contributed by atoms with Crippen molar-refractivity contribution in [2.45, 2.75) is 64.2 Å². The molecule has 2 heterocycles.